The molecule has 1 aliphatic rings. The molecule has 0 saturated heterocycles. The number of benzene rings is 2. The molecule has 1 aromatic heterocycles. The van der Waals surface area contributed by atoms with Crippen molar-refractivity contribution in [2.75, 3.05) is 11.9 Å². The molecule has 0 atom stereocenters. The Morgan fingerprint density at radius 2 is 1.61 bits per heavy atom. The van der Waals surface area contributed by atoms with Crippen LogP contribution in [0, 0.1) is 0 Å². The number of para-hydroxylation sites is 1. The second-order valence-corrected chi connectivity index (χ2v) is 10.1. The molecule has 146 valence electrons. The van der Waals surface area contributed by atoms with Crippen LogP contribution in [-0.4, -0.2) is 26.5 Å². The second kappa shape index (κ2) is 10.1. The van der Waals surface area contributed by atoms with Gasteiger partial charge in [0.2, 0.25) is 0 Å². The zero-order chi connectivity index (χ0) is 19.0. The van der Waals surface area contributed by atoms with Crippen LogP contribution in [0.5, 0.6) is 0 Å². The molecular weight excluding hydrogens is 407 g/mol. The summed E-state index contributed by atoms with van der Waals surface area (Å²) in [6.45, 7) is 1.07. The maximum atomic E-state index is 4.94. The third-order valence-electron chi connectivity index (χ3n) is 5.55. The van der Waals surface area contributed by atoms with E-state index < -0.39 is 0 Å². The van der Waals surface area contributed by atoms with E-state index in [1.807, 2.05) is 0 Å². The summed E-state index contributed by atoms with van der Waals surface area (Å²) in [4.78, 5) is 4.94. The Hall–Kier alpha value is -1.83. The average Bonchev–Trinajstić information content (AvgIpc) is 2.75. The van der Waals surface area contributed by atoms with Gasteiger partial charge in [-0.05, 0) is 0 Å². The van der Waals surface area contributed by atoms with Crippen LogP contribution < -0.4 is 9.78 Å². The van der Waals surface area contributed by atoms with Gasteiger partial charge in [0.05, 0.1) is 0 Å². The molecule has 28 heavy (non-hydrogen) atoms. The van der Waals surface area contributed by atoms with E-state index in [1.165, 1.54) is 77.1 Å². The molecule has 0 bridgehead atoms. The van der Waals surface area contributed by atoms with Gasteiger partial charge in [-0.3, -0.25) is 0 Å². The number of anilines is 1. The summed E-state index contributed by atoms with van der Waals surface area (Å²) in [6, 6.07) is 19.6. The normalized spacial score (nSPS) is 13.4. The van der Waals surface area contributed by atoms with Crippen molar-refractivity contribution in [1.29, 1.82) is 0 Å². The summed E-state index contributed by atoms with van der Waals surface area (Å²) in [6.07, 6.45) is 10.2. The van der Waals surface area contributed by atoms with Crippen molar-refractivity contribution >= 4 is 36.0 Å². The van der Waals surface area contributed by atoms with Crippen LogP contribution in [0.25, 0.3) is 10.9 Å². The molecule has 0 saturated carbocycles. The third-order valence-corrected chi connectivity index (χ3v) is 7.86. The van der Waals surface area contributed by atoms with E-state index in [-0.39, 0.29) is 0 Å². The Bertz CT molecular complexity index is 892. The summed E-state index contributed by atoms with van der Waals surface area (Å²) in [7, 11) is 0. The van der Waals surface area contributed by atoms with E-state index in [9.17, 15) is 0 Å². The van der Waals surface area contributed by atoms with Gasteiger partial charge in [0.1, 0.15) is 0 Å². The zero-order valence-electron chi connectivity index (χ0n) is 16.6. The molecule has 0 fully saturated rings. The fraction of sp³-hybridized carbons (Fsp3) is 0.400. The number of unbranched alkanes of at least 4 members (excludes halogenated alkanes) is 3. The summed E-state index contributed by atoms with van der Waals surface area (Å²) in [5.41, 5.74) is 5.33. The molecule has 0 spiro atoms. The number of pyridine rings is 1. The minimum absolute atomic E-state index is 0.647. The van der Waals surface area contributed by atoms with Gasteiger partial charge in [-0.25, -0.2) is 0 Å². The second-order valence-electron chi connectivity index (χ2n) is 7.64. The summed E-state index contributed by atoms with van der Waals surface area (Å²) in [5.74, 6) is 0. The molecular formula is C25H30N2Se. The fourth-order valence-corrected chi connectivity index (χ4v) is 6.03. The zero-order valence-corrected chi connectivity index (χ0v) is 18.3. The number of hydrogen-bond acceptors (Lipinski definition) is 2. The first kappa shape index (κ1) is 19.5. The van der Waals surface area contributed by atoms with E-state index in [4.69, 9.17) is 4.98 Å². The van der Waals surface area contributed by atoms with Crippen molar-refractivity contribution in [1.82, 2.24) is 4.98 Å². The molecule has 1 aliphatic carbocycles. The van der Waals surface area contributed by atoms with Crippen molar-refractivity contribution in [2.24, 2.45) is 0 Å². The van der Waals surface area contributed by atoms with Crippen molar-refractivity contribution in [3.05, 3.63) is 65.9 Å². The molecule has 0 amide bonds. The molecule has 0 radical (unpaired) electrons. The Morgan fingerprint density at radius 1 is 0.821 bits per heavy atom. The summed E-state index contributed by atoms with van der Waals surface area (Å²) >= 11 is 0.647. The van der Waals surface area contributed by atoms with Gasteiger partial charge in [-0.15, -0.1) is 0 Å². The summed E-state index contributed by atoms with van der Waals surface area (Å²) in [5, 5.41) is 6.46. The van der Waals surface area contributed by atoms with Crippen LogP contribution in [-0.2, 0) is 12.8 Å². The van der Waals surface area contributed by atoms with Crippen LogP contribution in [0.4, 0.5) is 5.69 Å². The first-order chi connectivity index (χ1) is 13.9. The number of nitrogens with one attached hydrogen (secondary N) is 1. The van der Waals surface area contributed by atoms with Crippen molar-refractivity contribution < 1.29 is 0 Å². The Balaban J connectivity index is 1.25. The van der Waals surface area contributed by atoms with Crippen LogP contribution in [0.15, 0.2) is 54.6 Å². The van der Waals surface area contributed by atoms with Crippen LogP contribution >= 0.6 is 0 Å². The molecule has 3 aromatic rings. The van der Waals surface area contributed by atoms with Crippen molar-refractivity contribution in [3.63, 3.8) is 0 Å². The van der Waals surface area contributed by atoms with Crippen LogP contribution in [0.3, 0.4) is 0 Å². The average molecular weight is 437 g/mol. The van der Waals surface area contributed by atoms with E-state index >= 15 is 0 Å². The van der Waals surface area contributed by atoms with Crippen LogP contribution in [0.1, 0.15) is 49.8 Å². The number of rotatable bonds is 9. The number of aryl methyl sites for hydroxylation is 1. The molecule has 4 rings (SSSR count). The monoisotopic (exact) mass is 438 g/mol. The first-order valence-electron chi connectivity index (χ1n) is 10.7. The third kappa shape index (κ3) is 4.96. The summed E-state index contributed by atoms with van der Waals surface area (Å²) < 4.78 is 1.53. The van der Waals surface area contributed by atoms with Gasteiger partial charge >= 0.3 is 175 Å². The van der Waals surface area contributed by atoms with Crippen molar-refractivity contribution in [2.45, 2.75) is 56.7 Å². The molecule has 2 aromatic carbocycles. The standard InChI is InChI=1S/C25H30N2Se/c1(2-11-19-28-20-12-4-3-5-13-20)10-18-26-25-21-14-6-8-16-23(21)27-24-17-9-7-15-22(24)25/h3-6,8,12-14,16H,1-2,7,9-11,15,17-19H2,(H,26,27). The van der Waals surface area contributed by atoms with E-state index in [1.54, 1.807) is 0 Å². The van der Waals surface area contributed by atoms with Gasteiger partial charge in [0.25, 0.3) is 0 Å². The number of aromatic nitrogens is 1. The predicted octanol–water partition coefficient (Wildman–Crippen LogP) is 5.53. The van der Waals surface area contributed by atoms with Crippen LogP contribution in [0.2, 0.25) is 5.32 Å². The topological polar surface area (TPSA) is 24.9 Å². The SMILES string of the molecule is c1ccc([Se]CCCCCCNc2c3c(nc4ccccc24)CCCC3)cc1. The molecule has 3 heteroatoms. The number of fused-ring (bicyclic) bond motifs is 2. The maximum absolute atomic E-state index is 4.94. The van der Waals surface area contributed by atoms with Gasteiger partial charge < -0.3 is 0 Å². The number of hydrogen-bond donors (Lipinski definition) is 1. The molecule has 1 heterocycles. The van der Waals surface area contributed by atoms with Gasteiger partial charge in [0.15, 0.2) is 0 Å². The van der Waals surface area contributed by atoms with E-state index in [0.717, 1.165) is 18.5 Å². The van der Waals surface area contributed by atoms with E-state index in [0.29, 0.717) is 15.0 Å². The molecule has 0 unspecified atom stereocenters. The molecule has 0 aliphatic heterocycles. The predicted molar refractivity (Wildman–Crippen MR) is 122 cm³/mol. The van der Waals surface area contributed by atoms with Crippen molar-refractivity contribution in [3.8, 4) is 0 Å². The molecule has 2 nitrogen and oxygen atoms in total. The quantitative estimate of drug-likeness (QED) is 0.352. The number of nitrogens with zero attached hydrogens (tertiary/aromatic N) is 1. The fourth-order valence-electron chi connectivity index (χ4n) is 4.08. The minimum atomic E-state index is 0.647. The Labute approximate surface area is 175 Å². The Kier molecular flexibility index (Phi) is 7.02. The van der Waals surface area contributed by atoms with Gasteiger partial charge in [0, 0.05) is 0 Å². The first-order valence-corrected chi connectivity index (χ1v) is 12.8. The van der Waals surface area contributed by atoms with Gasteiger partial charge in [-0.1, -0.05) is 0 Å². The van der Waals surface area contributed by atoms with Gasteiger partial charge in [-0.2, -0.15) is 0 Å². The van der Waals surface area contributed by atoms with E-state index in [2.05, 4.69) is 59.9 Å². The Morgan fingerprint density at radius 3 is 2.54 bits per heavy atom. The molecule has 1 N–H and O–H groups in total.